The number of thioether (sulfide) groups is 1. The van der Waals surface area contributed by atoms with Gasteiger partial charge in [0.1, 0.15) is 6.04 Å². The molecule has 2 unspecified atom stereocenters. The first kappa shape index (κ1) is 19.5. The van der Waals surface area contributed by atoms with Crippen LogP contribution in [0.5, 0.6) is 0 Å². The second kappa shape index (κ2) is 7.24. The van der Waals surface area contributed by atoms with Gasteiger partial charge in [0.2, 0.25) is 17.7 Å². The van der Waals surface area contributed by atoms with Gasteiger partial charge in [-0.1, -0.05) is 11.6 Å². The Hall–Kier alpha value is -1.77. The Labute approximate surface area is 172 Å². The van der Waals surface area contributed by atoms with Gasteiger partial charge in [-0.25, -0.2) is 0 Å². The van der Waals surface area contributed by atoms with E-state index in [1.54, 1.807) is 43.1 Å². The molecule has 9 heteroatoms. The van der Waals surface area contributed by atoms with Gasteiger partial charge in [-0.3, -0.25) is 14.4 Å². The fourth-order valence-electron chi connectivity index (χ4n) is 5.01. The number of aliphatic hydroxyl groups is 1. The molecule has 2 bridgehead atoms. The molecular weight excluding hydrogens is 402 g/mol. The summed E-state index contributed by atoms with van der Waals surface area (Å²) in [5.74, 6) is -1.64. The molecule has 1 aromatic rings. The topological polar surface area (TPSA) is 98.7 Å². The number of nitrogens with one attached hydrogen (secondary N) is 2. The molecule has 5 atom stereocenters. The minimum Gasteiger partial charge on any atom is -0.395 e. The second-order valence-electron chi connectivity index (χ2n) is 7.42. The molecule has 0 aromatic heterocycles. The molecule has 3 aliphatic heterocycles. The summed E-state index contributed by atoms with van der Waals surface area (Å²) in [5.41, 5.74) is 0.589. The normalized spacial score (nSPS) is 33.1. The Bertz CT molecular complexity index is 820. The van der Waals surface area contributed by atoms with Crippen molar-refractivity contribution in [2.24, 2.45) is 11.8 Å². The van der Waals surface area contributed by atoms with Gasteiger partial charge < -0.3 is 20.6 Å². The van der Waals surface area contributed by atoms with Crippen LogP contribution in [0.2, 0.25) is 5.02 Å². The summed E-state index contributed by atoms with van der Waals surface area (Å²) in [4.78, 5) is 40.5. The van der Waals surface area contributed by atoms with E-state index in [1.165, 1.54) is 4.90 Å². The van der Waals surface area contributed by atoms with Crippen LogP contribution in [0.25, 0.3) is 0 Å². The SMILES string of the molecule is CNC(=O)[C@@H]1[C@H]2C(=O)N(CCO)C(C(=O)Nc3ccc(Cl)cc3)C23CC[C@H]1S3. The van der Waals surface area contributed by atoms with E-state index >= 15 is 0 Å². The molecule has 4 rings (SSSR count). The van der Waals surface area contributed by atoms with Crippen LogP contribution >= 0.6 is 23.4 Å². The van der Waals surface area contributed by atoms with E-state index in [4.69, 9.17) is 11.6 Å². The molecule has 3 heterocycles. The third kappa shape index (κ3) is 2.81. The number of carbonyl (C=O) groups excluding carboxylic acids is 3. The zero-order valence-corrected chi connectivity index (χ0v) is 16.9. The van der Waals surface area contributed by atoms with Gasteiger partial charge in [-0.2, -0.15) is 0 Å². The van der Waals surface area contributed by atoms with Crippen molar-refractivity contribution >= 4 is 46.8 Å². The molecule has 3 amide bonds. The zero-order valence-electron chi connectivity index (χ0n) is 15.4. The standard InChI is InChI=1S/C19H22ClN3O4S/c1-21-16(25)13-12-6-7-19(28-12)14(13)18(27)23(8-9-24)15(19)17(26)22-11-4-2-10(20)3-5-11/h2-5,12-15,24H,6-9H2,1H3,(H,21,25)(H,22,26)/t12-,13+,14+,15?,19?/m1/s1. The van der Waals surface area contributed by atoms with Gasteiger partial charge in [0.15, 0.2) is 0 Å². The van der Waals surface area contributed by atoms with E-state index in [2.05, 4.69) is 10.6 Å². The molecular formula is C19H22ClN3O4S. The minimum atomic E-state index is -0.725. The lowest BCUT2D eigenvalue weighted by Crippen LogP contribution is -2.52. The summed E-state index contributed by atoms with van der Waals surface area (Å²) in [6.07, 6.45) is 1.50. The van der Waals surface area contributed by atoms with E-state index in [1.807, 2.05) is 0 Å². The third-order valence-corrected chi connectivity index (χ3v) is 8.25. The van der Waals surface area contributed by atoms with Crippen molar-refractivity contribution in [2.45, 2.75) is 28.9 Å². The average Bonchev–Trinajstić information content (AvgIpc) is 3.31. The number of anilines is 1. The summed E-state index contributed by atoms with van der Waals surface area (Å²) < 4.78 is -0.634. The quantitative estimate of drug-likeness (QED) is 0.659. The number of hydrogen-bond donors (Lipinski definition) is 3. The van der Waals surface area contributed by atoms with Crippen LogP contribution in [0.1, 0.15) is 12.8 Å². The number of likely N-dealkylation sites (tertiary alicyclic amines) is 1. The Morgan fingerprint density at radius 1 is 1.32 bits per heavy atom. The number of aliphatic hydroxyl groups excluding tert-OH is 1. The van der Waals surface area contributed by atoms with Crippen molar-refractivity contribution in [3.63, 3.8) is 0 Å². The predicted molar refractivity (Wildman–Crippen MR) is 107 cm³/mol. The Morgan fingerprint density at radius 3 is 2.68 bits per heavy atom. The van der Waals surface area contributed by atoms with Crippen molar-refractivity contribution < 1.29 is 19.5 Å². The van der Waals surface area contributed by atoms with Crippen LogP contribution in [0.3, 0.4) is 0 Å². The number of benzene rings is 1. The highest BCUT2D eigenvalue weighted by atomic mass is 35.5. The van der Waals surface area contributed by atoms with Crippen molar-refractivity contribution in [1.82, 2.24) is 10.2 Å². The molecule has 1 spiro atoms. The van der Waals surface area contributed by atoms with Crippen LogP contribution in [0, 0.1) is 11.8 Å². The molecule has 3 saturated heterocycles. The molecule has 7 nitrogen and oxygen atoms in total. The Balaban J connectivity index is 1.68. The van der Waals surface area contributed by atoms with Gasteiger partial charge in [-0.15, -0.1) is 11.8 Å². The predicted octanol–water partition coefficient (Wildman–Crippen LogP) is 1.11. The lowest BCUT2D eigenvalue weighted by Gasteiger charge is -2.34. The number of β-amino-alcohol motifs (C(OH)–C–C–N with tert-alkyl or cyclic N) is 1. The number of amides is 3. The summed E-state index contributed by atoms with van der Waals surface area (Å²) in [7, 11) is 1.57. The molecule has 0 saturated carbocycles. The largest absolute Gasteiger partial charge is 0.395 e. The van der Waals surface area contributed by atoms with Crippen molar-refractivity contribution in [3.8, 4) is 0 Å². The number of halogens is 1. The van der Waals surface area contributed by atoms with E-state index < -0.39 is 22.6 Å². The highest BCUT2D eigenvalue weighted by Crippen LogP contribution is 2.66. The van der Waals surface area contributed by atoms with Crippen LogP contribution in [-0.4, -0.2) is 64.0 Å². The van der Waals surface area contributed by atoms with Gasteiger partial charge in [0.25, 0.3) is 0 Å². The first-order valence-corrected chi connectivity index (χ1v) is 10.6. The lowest BCUT2D eigenvalue weighted by atomic mass is 9.71. The third-order valence-electron chi connectivity index (χ3n) is 6.05. The van der Waals surface area contributed by atoms with E-state index in [0.717, 1.165) is 6.42 Å². The molecule has 0 aliphatic carbocycles. The first-order valence-electron chi connectivity index (χ1n) is 9.30. The molecule has 3 fully saturated rings. The summed E-state index contributed by atoms with van der Waals surface area (Å²) in [6, 6.07) is 6.05. The summed E-state index contributed by atoms with van der Waals surface area (Å²) in [5, 5.41) is 15.6. The van der Waals surface area contributed by atoms with Gasteiger partial charge in [-0.05, 0) is 37.1 Å². The smallest absolute Gasteiger partial charge is 0.248 e. The first-order chi connectivity index (χ1) is 13.4. The number of fused-ring (bicyclic) bond motifs is 1. The van der Waals surface area contributed by atoms with Crippen molar-refractivity contribution in [2.75, 3.05) is 25.5 Å². The Morgan fingerprint density at radius 2 is 2.04 bits per heavy atom. The van der Waals surface area contributed by atoms with Crippen LogP contribution in [0.15, 0.2) is 24.3 Å². The van der Waals surface area contributed by atoms with Gasteiger partial charge in [0.05, 0.1) is 23.2 Å². The molecule has 0 radical (unpaired) electrons. The number of carbonyl (C=O) groups is 3. The fourth-order valence-corrected chi connectivity index (χ4v) is 7.36. The van der Waals surface area contributed by atoms with E-state index in [9.17, 15) is 19.5 Å². The Kier molecular flexibility index (Phi) is 5.05. The minimum absolute atomic E-state index is 0.0380. The summed E-state index contributed by atoms with van der Waals surface area (Å²) >= 11 is 7.50. The van der Waals surface area contributed by atoms with Crippen LogP contribution in [0.4, 0.5) is 5.69 Å². The van der Waals surface area contributed by atoms with E-state index in [0.29, 0.717) is 17.1 Å². The van der Waals surface area contributed by atoms with Gasteiger partial charge in [0, 0.05) is 29.6 Å². The van der Waals surface area contributed by atoms with Gasteiger partial charge >= 0.3 is 0 Å². The van der Waals surface area contributed by atoms with Crippen LogP contribution < -0.4 is 10.6 Å². The second-order valence-corrected chi connectivity index (χ2v) is 9.46. The number of hydrogen-bond acceptors (Lipinski definition) is 5. The number of rotatable bonds is 5. The van der Waals surface area contributed by atoms with Crippen molar-refractivity contribution in [3.05, 3.63) is 29.3 Å². The average molecular weight is 424 g/mol. The molecule has 150 valence electrons. The molecule has 3 aliphatic rings. The van der Waals surface area contributed by atoms with Crippen LogP contribution in [-0.2, 0) is 14.4 Å². The maximum atomic E-state index is 13.3. The van der Waals surface area contributed by atoms with Crippen molar-refractivity contribution in [1.29, 1.82) is 0 Å². The zero-order chi connectivity index (χ0) is 20.1. The monoisotopic (exact) mass is 423 g/mol. The maximum absolute atomic E-state index is 13.3. The molecule has 3 N–H and O–H groups in total. The summed E-state index contributed by atoms with van der Waals surface area (Å²) in [6.45, 7) is -0.167. The fraction of sp³-hybridized carbons (Fsp3) is 0.526. The molecule has 28 heavy (non-hydrogen) atoms. The van der Waals surface area contributed by atoms with E-state index in [-0.39, 0.29) is 36.1 Å². The molecule has 1 aromatic carbocycles. The highest BCUT2D eigenvalue weighted by Gasteiger charge is 2.73. The lowest BCUT2D eigenvalue weighted by molar-refractivity contribution is -0.139. The maximum Gasteiger partial charge on any atom is 0.248 e. The number of nitrogens with zero attached hydrogens (tertiary/aromatic N) is 1. The highest BCUT2D eigenvalue weighted by molar-refractivity contribution is 8.02.